The predicted molar refractivity (Wildman–Crippen MR) is 66.7 cm³/mol. The van der Waals surface area contributed by atoms with Gasteiger partial charge in [0.2, 0.25) is 0 Å². The van der Waals surface area contributed by atoms with E-state index in [4.69, 9.17) is 11.6 Å². The molecular weight excluding hydrogens is 258 g/mol. The van der Waals surface area contributed by atoms with Crippen LogP contribution in [0.1, 0.15) is 17.2 Å². The van der Waals surface area contributed by atoms with Crippen molar-refractivity contribution in [2.24, 2.45) is 0 Å². The zero-order chi connectivity index (χ0) is 13.2. The molecule has 1 atom stereocenters. The third-order valence-corrected chi connectivity index (χ3v) is 2.90. The SMILES string of the molecule is O[C@H](c1ccccc1)C(F)(F)c1cccc(Cl)c1. The highest BCUT2D eigenvalue weighted by Crippen LogP contribution is 2.40. The Morgan fingerprint density at radius 1 is 1.00 bits per heavy atom. The monoisotopic (exact) mass is 268 g/mol. The predicted octanol–water partition coefficient (Wildman–Crippen LogP) is 4.17. The van der Waals surface area contributed by atoms with Gasteiger partial charge in [-0.05, 0) is 17.7 Å². The molecule has 94 valence electrons. The van der Waals surface area contributed by atoms with Crippen LogP contribution in [0.4, 0.5) is 8.78 Å². The number of halogens is 3. The van der Waals surface area contributed by atoms with E-state index in [0.29, 0.717) is 0 Å². The number of aliphatic hydroxyl groups excluding tert-OH is 1. The van der Waals surface area contributed by atoms with Crippen LogP contribution in [0.5, 0.6) is 0 Å². The molecule has 1 nitrogen and oxygen atoms in total. The van der Waals surface area contributed by atoms with Crippen LogP contribution in [-0.4, -0.2) is 5.11 Å². The Morgan fingerprint density at radius 3 is 2.28 bits per heavy atom. The first kappa shape index (κ1) is 13.0. The van der Waals surface area contributed by atoms with Gasteiger partial charge in [0.1, 0.15) is 6.10 Å². The number of rotatable bonds is 3. The highest BCUT2D eigenvalue weighted by molar-refractivity contribution is 6.30. The lowest BCUT2D eigenvalue weighted by Gasteiger charge is -2.23. The summed E-state index contributed by atoms with van der Waals surface area (Å²) in [4.78, 5) is 0. The normalized spacial score (nSPS) is 13.3. The van der Waals surface area contributed by atoms with Gasteiger partial charge >= 0.3 is 5.92 Å². The van der Waals surface area contributed by atoms with E-state index < -0.39 is 12.0 Å². The maximum Gasteiger partial charge on any atom is 0.302 e. The van der Waals surface area contributed by atoms with Crippen molar-refractivity contribution in [2.75, 3.05) is 0 Å². The second-order valence-corrected chi connectivity index (χ2v) is 4.38. The van der Waals surface area contributed by atoms with Gasteiger partial charge in [0, 0.05) is 10.6 Å². The van der Waals surface area contributed by atoms with Crippen LogP contribution in [0.3, 0.4) is 0 Å². The van der Waals surface area contributed by atoms with Crippen molar-refractivity contribution in [3.8, 4) is 0 Å². The summed E-state index contributed by atoms with van der Waals surface area (Å²) in [6, 6.07) is 13.2. The van der Waals surface area contributed by atoms with Crippen LogP contribution < -0.4 is 0 Å². The summed E-state index contributed by atoms with van der Waals surface area (Å²) in [5.74, 6) is -3.38. The fourth-order valence-corrected chi connectivity index (χ4v) is 1.89. The molecule has 0 aliphatic carbocycles. The molecule has 2 rings (SSSR count). The minimum absolute atomic E-state index is 0.169. The van der Waals surface area contributed by atoms with Crippen LogP contribution in [0, 0.1) is 0 Å². The quantitative estimate of drug-likeness (QED) is 0.886. The highest BCUT2D eigenvalue weighted by atomic mass is 35.5. The molecular formula is C14H11ClF2O. The summed E-state index contributed by atoms with van der Waals surface area (Å²) >= 11 is 5.69. The number of hydrogen-bond acceptors (Lipinski definition) is 1. The van der Waals surface area contributed by atoms with Gasteiger partial charge in [-0.2, -0.15) is 8.78 Å². The van der Waals surface area contributed by atoms with Crippen molar-refractivity contribution in [3.63, 3.8) is 0 Å². The van der Waals surface area contributed by atoms with E-state index in [1.54, 1.807) is 18.2 Å². The van der Waals surface area contributed by atoms with E-state index in [1.165, 1.54) is 30.3 Å². The van der Waals surface area contributed by atoms with E-state index >= 15 is 0 Å². The van der Waals surface area contributed by atoms with Gasteiger partial charge in [-0.3, -0.25) is 0 Å². The van der Waals surface area contributed by atoms with Crippen LogP contribution >= 0.6 is 11.6 Å². The van der Waals surface area contributed by atoms with Gasteiger partial charge in [0.05, 0.1) is 0 Å². The molecule has 4 heteroatoms. The Bertz CT molecular complexity index is 528. The minimum atomic E-state index is -3.38. The standard InChI is InChI=1S/C14H11ClF2O/c15-12-8-4-7-11(9-12)14(16,17)13(18)10-5-2-1-3-6-10/h1-9,13,18H/t13-/m1/s1. The van der Waals surface area contributed by atoms with Crippen molar-refractivity contribution in [2.45, 2.75) is 12.0 Å². The molecule has 0 saturated carbocycles. The first-order valence-electron chi connectivity index (χ1n) is 5.38. The second kappa shape index (κ2) is 5.04. The Hall–Kier alpha value is -1.45. The molecule has 0 aliphatic heterocycles. The molecule has 2 aromatic rings. The van der Waals surface area contributed by atoms with Crippen LogP contribution in [-0.2, 0) is 5.92 Å². The van der Waals surface area contributed by atoms with Gasteiger partial charge in [0.15, 0.2) is 0 Å². The molecule has 0 heterocycles. The van der Waals surface area contributed by atoms with E-state index in [2.05, 4.69) is 0 Å². The summed E-state index contributed by atoms with van der Waals surface area (Å²) < 4.78 is 28.2. The van der Waals surface area contributed by atoms with E-state index in [-0.39, 0.29) is 16.1 Å². The minimum Gasteiger partial charge on any atom is -0.382 e. The van der Waals surface area contributed by atoms with Gasteiger partial charge in [0.25, 0.3) is 0 Å². The Balaban J connectivity index is 2.36. The van der Waals surface area contributed by atoms with Gasteiger partial charge in [-0.25, -0.2) is 0 Å². The Morgan fingerprint density at radius 2 is 1.67 bits per heavy atom. The van der Waals surface area contributed by atoms with Crippen molar-refractivity contribution in [1.29, 1.82) is 0 Å². The molecule has 0 unspecified atom stereocenters. The largest absolute Gasteiger partial charge is 0.382 e. The van der Waals surface area contributed by atoms with Crippen molar-refractivity contribution < 1.29 is 13.9 Å². The molecule has 0 aromatic heterocycles. The van der Waals surface area contributed by atoms with Gasteiger partial charge in [-0.1, -0.05) is 54.1 Å². The molecule has 0 saturated heterocycles. The van der Waals surface area contributed by atoms with Gasteiger partial charge in [-0.15, -0.1) is 0 Å². The highest BCUT2D eigenvalue weighted by Gasteiger charge is 2.41. The molecule has 0 amide bonds. The zero-order valence-corrected chi connectivity index (χ0v) is 10.1. The fourth-order valence-electron chi connectivity index (χ4n) is 1.70. The fraction of sp³-hybridized carbons (Fsp3) is 0.143. The smallest absolute Gasteiger partial charge is 0.302 e. The lowest BCUT2D eigenvalue weighted by molar-refractivity contribution is -0.117. The lowest BCUT2D eigenvalue weighted by atomic mass is 9.97. The summed E-state index contributed by atoms with van der Waals surface area (Å²) in [5, 5.41) is 10.0. The molecule has 0 radical (unpaired) electrons. The number of hydrogen-bond donors (Lipinski definition) is 1. The summed E-state index contributed by atoms with van der Waals surface area (Å²) in [6.07, 6.45) is -1.89. The third kappa shape index (κ3) is 2.52. The van der Waals surface area contributed by atoms with E-state index in [1.807, 2.05) is 0 Å². The number of alkyl halides is 2. The average molecular weight is 269 g/mol. The molecule has 1 N–H and O–H groups in total. The van der Waals surface area contributed by atoms with Crippen LogP contribution in [0.25, 0.3) is 0 Å². The summed E-state index contributed by atoms with van der Waals surface area (Å²) in [7, 11) is 0. The van der Waals surface area contributed by atoms with Crippen molar-refractivity contribution in [1.82, 2.24) is 0 Å². The van der Waals surface area contributed by atoms with Crippen LogP contribution in [0.15, 0.2) is 54.6 Å². The first-order chi connectivity index (χ1) is 8.51. The molecule has 0 aliphatic rings. The van der Waals surface area contributed by atoms with Crippen molar-refractivity contribution >= 4 is 11.6 Å². The summed E-state index contributed by atoms with van der Waals surface area (Å²) in [5.41, 5.74) is -0.131. The zero-order valence-electron chi connectivity index (χ0n) is 9.35. The van der Waals surface area contributed by atoms with Crippen molar-refractivity contribution in [3.05, 3.63) is 70.7 Å². The Labute approximate surface area is 109 Å². The topological polar surface area (TPSA) is 20.2 Å². The van der Waals surface area contributed by atoms with E-state index in [0.717, 1.165) is 6.07 Å². The number of benzene rings is 2. The van der Waals surface area contributed by atoms with E-state index in [9.17, 15) is 13.9 Å². The molecule has 0 fully saturated rings. The molecule has 0 spiro atoms. The average Bonchev–Trinajstić information content (AvgIpc) is 2.39. The number of aliphatic hydroxyl groups is 1. The second-order valence-electron chi connectivity index (χ2n) is 3.95. The van der Waals surface area contributed by atoms with Gasteiger partial charge < -0.3 is 5.11 Å². The molecule has 2 aromatic carbocycles. The molecule has 18 heavy (non-hydrogen) atoms. The Kier molecular flexibility index (Phi) is 3.64. The first-order valence-corrected chi connectivity index (χ1v) is 5.76. The third-order valence-electron chi connectivity index (χ3n) is 2.67. The summed E-state index contributed by atoms with van der Waals surface area (Å²) in [6.45, 7) is 0. The lowest BCUT2D eigenvalue weighted by Crippen LogP contribution is -2.23. The maximum atomic E-state index is 14.1. The maximum absolute atomic E-state index is 14.1. The molecule has 0 bridgehead atoms. The van der Waals surface area contributed by atoms with Crippen LogP contribution in [0.2, 0.25) is 5.02 Å².